The van der Waals surface area contributed by atoms with Gasteiger partial charge < -0.3 is 5.32 Å². The summed E-state index contributed by atoms with van der Waals surface area (Å²) < 4.78 is 15.2. The molecule has 0 atom stereocenters. The summed E-state index contributed by atoms with van der Waals surface area (Å²) in [4.78, 5) is 18.6. The molecule has 0 spiro atoms. The molecule has 0 saturated heterocycles. The predicted molar refractivity (Wildman–Crippen MR) is 106 cm³/mol. The quantitative estimate of drug-likeness (QED) is 0.534. The summed E-state index contributed by atoms with van der Waals surface area (Å²) in [5.41, 5.74) is 2.23. The van der Waals surface area contributed by atoms with Crippen molar-refractivity contribution in [2.24, 2.45) is 0 Å². The second-order valence-electron chi connectivity index (χ2n) is 6.42. The van der Waals surface area contributed by atoms with Crippen molar-refractivity contribution in [2.75, 3.05) is 5.32 Å². The van der Waals surface area contributed by atoms with Crippen LogP contribution in [-0.4, -0.2) is 20.7 Å². The lowest BCUT2D eigenvalue weighted by Crippen LogP contribution is -2.13. The van der Waals surface area contributed by atoms with E-state index in [1.807, 2.05) is 31.4 Å². The molecule has 1 amide bonds. The summed E-state index contributed by atoms with van der Waals surface area (Å²) in [6.45, 7) is 4.02. The van der Waals surface area contributed by atoms with Crippen molar-refractivity contribution in [3.8, 4) is 10.6 Å². The maximum Gasteiger partial charge on any atom is 0.256 e. The molecule has 0 fully saturated rings. The van der Waals surface area contributed by atoms with Crippen LogP contribution in [0.4, 0.5) is 10.1 Å². The Hall–Kier alpha value is -3.06. The van der Waals surface area contributed by atoms with E-state index in [9.17, 15) is 9.18 Å². The zero-order valence-electron chi connectivity index (χ0n) is 14.8. The Labute approximate surface area is 159 Å². The van der Waals surface area contributed by atoms with Gasteiger partial charge in [-0.05, 0) is 49.6 Å². The minimum Gasteiger partial charge on any atom is -0.322 e. The Morgan fingerprint density at radius 3 is 2.78 bits per heavy atom. The van der Waals surface area contributed by atoms with Gasteiger partial charge in [0, 0.05) is 11.7 Å². The van der Waals surface area contributed by atoms with Crippen LogP contribution in [0.25, 0.3) is 21.6 Å². The monoisotopic (exact) mass is 380 g/mol. The molecular weight excluding hydrogens is 363 g/mol. The zero-order chi connectivity index (χ0) is 19.0. The number of anilines is 1. The lowest BCUT2D eigenvalue weighted by molar-refractivity contribution is 0.102. The van der Waals surface area contributed by atoms with E-state index in [4.69, 9.17) is 4.98 Å². The molecule has 136 valence electrons. The highest BCUT2D eigenvalue weighted by atomic mass is 32.1. The molecule has 0 aliphatic rings. The number of aromatic nitrogens is 3. The minimum atomic E-state index is -0.403. The van der Waals surface area contributed by atoms with Gasteiger partial charge in [-0.15, -0.1) is 11.3 Å². The Bertz CT molecular complexity index is 1120. The standard InChI is InChI=1S/C20H17FN4OS/c1-12(2)25-19-16(11-22-25)15(10-17(24-19)18-7-4-8-27-18)20(26)23-14-6-3-5-13(21)9-14/h3-12H,1-2H3,(H,23,26). The molecule has 0 unspecified atom stereocenters. The molecule has 5 nitrogen and oxygen atoms in total. The predicted octanol–water partition coefficient (Wildman–Crippen LogP) is 5.13. The van der Waals surface area contributed by atoms with Crippen LogP contribution in [0.5, 0.6) is 0 Å². The van der Waals surface area contributed by atoms with Gasteiger partial charge in [-0.3, -0.25) is 4.79 Å². The first kappa shape index (κ1) is 17.4. The molecule has 3 aromatic heterocycles. The van der Waals surface area contributed by atoms with Gasteiger partial charge in [-0.2, -0.15) is 5.10 Å². The number of nitrogens with one attached hydrogen (secondary N) is 1. The molecule has 3 heterocycles. The van der Waals surface area contributed by atoms with E-state index in [0.29, 0.717) is 28.0 Å². The number of amides is 1. The van der Waals surface area contributed by atoms with Gasteiger partial charge in [0.2, 0.25) is 0 Å². The number of nitrogens with zero attached hydrogens (tertiary/aromatic N) is 3. The van der Waals surface area contributed by atoms with Gasteiger partial charge in [0.25, 0.3) is 5.91 Å². The Balaban J connectivity index is 1.84. The topological polar surface area (TPSA) is 59.8 Å². The number of carbonyl (C=O) groups is 1. The fourth-order valence-electron chi connectivity index (χ4n) is 2.90. The summed E-state index contributed by atoms with van der Waals surface area (Å²) in [7, 11) is 0. The van der Waals surface area contributed by atoms with Gasteiger partial charge in [-0.25, -0.2) is 14.1 Å². The second-order valence-corrected chi connectivity index (χ2v) is 7.36. The van der Waals surface area contributed by atoms with Crippen LogP contribution in [0.2, 0.25) is 0 Å². The molecule has 4 rings (SSSR count). The first-order valence-corrected chi connectivity index (χ1v) is 9.40. The van der Waals surface area contributed by atoms with Crippen molar-refractivity contribution < 1.29 is 9.18 Å². The van der Waals surface area contributed by atoms with E-state index < -0.39 is 5.82 Å². The molecule has 1 aromatic carbocycles. The number of thiophene rings is 1. The highest BCUT2D eigenvalue weighted by Gasteiger charge is 2.19. The molecule has 0 bridgehead atoms. The van der Waals surface area contributed by atoms with Crippen molar-refractivity contribution in [3.05, 3.63) is 65.4 Å². The van der Waals surface area contributed by atoms with Crippen LogP contribution in [0.15, 0.2) is 54.0 Å². The molecule has 4 aromatic rings. The number of hydrogen-bond donors (Lipinski definition) is 1. The van der Waals surface area contributed by atoms with Crippen molar-refractivity contribution >= 4 is 34.0 Å². The van der Waals surface area contributed by atoms with Crippen LogP contribution >= 0.6 is 11.3 Å². The number of hydrogen-bond acceptors (Lipinski definition) is 4. The molecule has 27 heavy (non-hydrogen) atoms. The lowest BCUT2D eigenvalue weighted by Gasteiger charge is -2.10. The largest absolute Gasteiger partial charge is 0.322 e. The van der Waals surface area contributed by atoms with Crippen molar-refractivity contribution in [1.29, 1.82) is 0 Å². The average Bonchev–Trinajstić information content (AvgIpc) is 3.30. The second kappa shape index (κ2) is 6.92. The summed E-state index contributed by atoms with van der Waals surface area (Å²) in [5.74, 6) is -0.728. The number of fused-ring (bicyclic) bond motifs is 1. The number of benzene rings is 1. The first-order chi connectivity index (χ1) is 13.0. The normalized spacial score (nSPS) is 11.3. The highest BCUT2D eigenvalue weighted by molar-refractivity contribution is 7.13. The molecule has 0 aliphatic carbocycles. The van der Waals surface area contributed by atoms with Crippen LogP contribution < -0.4 is 5.32 Å². The number of carbonyl (C=O) groups excluding carboxylic acids is 1. The third kappa shape index (κ3) is 3.33. The molecular formula is C20H17FN4OS. The van der Waals surface area contributed by atoms with E-state index >= 15 is 0 Å². The van der Waals surface area contributed by atoms with Crippen LogP contribution in [0.3, 0.4) is 0 Å². The SMILES string of the molecule is CC(C)n1ncc2c(C(=O)Nc3cccc(F)c3)cc(-c3cccs3)nc21. The smallest absolute Gasteiger partial charge is 0.256 e. The Morgan fingerprint density at radius 1 is 1.22 bits per heavy atom. The third-order valence-corrected chi connectivity index (χ3v) is 5.05. The highest BCUT2D eigenvalue weighted by Crippen LogP contribution is 2.29. The molecule has 7 heteroatoms. The molecule has 1 N–H and O–H groups in total. The number of pyridine rings is 1. The summed E-state index contributed by atoms with van der Waals surface area (Å²) in [6, 6.07) is 11.6. The number of halogens is 1. The van der Waals surface area contributed by atoms with E-state index in [1.165, 1.54) is 12.1 Å². The summed E-state index contributed by atoms with van der Waals surface area (Å²) in [6.07, 6.45) is 1.65. The van der Waals surface area contributed by atoms with Gasteiger partial charge >= 0.3 is 0 Å². The summed E-state index contributed by atoms with van der Waals surface area (Å²) >= 11 is 1.55. The molecule has 0 radical (unpaired) electrons. The van der Waals surface area contributed by atoms with E-state index in [2.05, 4.69) is 10.4 Å². The van der Waals surface area contributed by atoms with Crippen molar-refractivity contribution in [3.63, 3.8) is 0 Å². The van der Waals surface area contributed by atoms with Gasteiger partial charge in [0.1, 0.15) is 5.82 Å². The maximum atomic E-state index is 13.4. The van der Waals surface area contributed by atoms with E-state index in [1.54, 1.807) is 40.4 Å². The average molecular weight is 380 g/mol. The zero-order valence-corrected chi connectivity index (χ0v) is 15.6. The van der Waals surface area contributed by atoms with E-state index in [0.717, 1.165) is 4.88 Å². The van der Waals surface area contributed by atoms with E-state index in [-0.39, 0.29) is 11.9 Å². The van der Waals surface area contributed by atoms with Crippen LogP contribution in [0.1, 0.15) is 30.2 Å². The van der Waals surface area contributed by atoms with Crippen LogP contribution in [-0.2, 0) is 0 Å². The maximum absolute atomic E-state index is 13.4. The van der Waals surface area contributed by atoms with Crippen molar-refractivity contribution in [2.45, 2.75) is 19.9 Å². The third-order valence-electron chi connectivity index (χ3n) is 4.16. The first-order valence-electron chi connectivity index (χ1n) is 8.52. The molecule has 0 saturated carbocycles. The fourth-order valence-corrected chi connectivity index (χ4v) is 3.59. The summed E-state index contributed by atoms with van der Waals surface area (Å²) in [5, 5.41) is 9.79. The number of rotatable bonds is 4. The van der Waals surface area contributed by atoms with Gasteiger partial charge in [0.05, 0.1) is 27.7 Å². The van der Waals surface area contributed by atoms with Gasteiger partial charge in [-0.1, -0.05) is 12.1 Å². The van der Waals surface area contributed by atoms with Crippen molar-refractivity contribution in [1.82, 2.24) is 14.8 Å². The Kier molecular flexibility index (Phi) is 4.45. The van der Waals surface area contributed by atoms with Crippen LogP contribution in [0, 0.1) is 5.82 Å². The Morgan fingerprint density at radius 2 is 2.07 bits per heavy atom. The fraction of sp³-hybridized carbons (Fsp3) is 0.150. The minimum absolute atomic E-state index is 0.104. The van der Waals surface area contributed by atoms with Gasteiger partial charge in [0.15, 0.2) is 5.65 Å². The lowest BCUT2D eigenvalue weighted by atomic mass is 10.1. The molecule has 0 aliphatic heterocycles.